The summed E-state index contributed by atoms with van der Waals surface area (Å²) in [5.74, 6) is 0. The van der Waals surface area contributed by atoms with Crippen LogP contribution in [0.25, 0.3) is 0 Å². The monoisotopic (exact) mass is 190 g/mol. The fourth-order valence-electron chi connectivity index (χ4n) is 0.633. The van der Waals surface area contributed by atoms with Crippen LogP contribution in [0.5, 0.6) is 0 Å². The minimum absolute atomic E-state index is 0.102. The number of urea groups is 1. The van der Waals surface area contributed by atoms with Gasteiger partial charge in [-0.2, -0.15) is 0 Å². The summed E-state index contributed by atoms with van der Waals surface area (Å²) in [6.45, 7) is 2.19. The number of rotatable bonds is 6. The molecule has 1 N–H and O–H groups in total. The average Bonchev–Trinajstić information content (AvgIpc) is 2.10. The van der Waals surface area contributed by atoms with E-state index in [1.54, 1.807) is 21.2 Å². The van der Waals surface area contributed by atoms with Crippen LogP contribution in [-0.2, 0) is 9.47 Å². The maximum atomic E-state index is 11.0. The summed E-state index contributed by atoms with van der Waals surface area (Å²) in [5.41, 5.74) is 0. The van der Waals surface area contributed by atoms with Gasteiger partial charge in [0.1, 0.15) is 0 Å². The molecule has 5 nitrogen and oxygen atoms in total. The standard InChI is InChI=1S/C8H18N2O3/c1-10(2)8(11)9-4-5-13-7-6-12-3/h4-7H2,1-3H3,(H,9,11). The molecule has 5 heteroatoms. The molecule has 0 aromatic rings. The highest BCUT2D eigenvalue weighted by molar-refractivity contribution is 5.73. The van der Waals surface area contributed by atoms with Crippen molar-refractivity contribution in [2.45, 2.75) is 0 Å². The summed E-state index contributed by atoms with van der Waals surface area (Å²) in [5, 5.41) is 2.68. The van der Waals surface area contributed by atoms with E-state index in [4.69, 9.17) is 9.47 Å². The van der Waals surface area contributed by atoms with E-state index in [9.17, 15) is 4.79 Å². The van der Waals surface area contributed by atoms with Gasteiger partial charge in [-0.05, 0) is 0 Å². The zero-order valence-corrected chi connectivity index (χ0v) is 8.50. The molecule has 0 unspecified atom stereocenters. The van der Waals surface area contributed by atoms with Gasteiger partial charge in [0.25, 0.3) is 0 Å². The summed E-state index contributed by atoms with van der Waals surface area (Å²) in [4.78, 5) is 12.4. The van der Waals surface area contributed by atoms with Gasteiger partial charge < -0.3 is 19.7 Å². The number of carbonyl (C=O) groups excluding carboxylic acids is 1. The van der Waals surface area contributed by atoms with Crippen molar-refractivity contribution in [3.05, 3.63) is 0 Å². The van der Waals surface area contributed by atoms with Gasteiger partial charge in [-0.15, -0.1) is 0 Å². The Kier molecular flexibility index (Phi) is 7.33. The number of nitrogens with zero attached hydrogens (tertiary/aromatic N) is 1. The van der Waals surface area contributed by atoms with Crippen molar-refractivity contribution in [2.24, 2.45) is 0 Å². The van der Waals surface area contributed by atoms with E-state index in [1.807, 2.05) is 0 Å². The predicted octanol–water partition coefficient (Wildman–Crippen LogP) is -0.0794. The van der Waals surface area contributed by atoms with E-state index in [2.05, 4.69) is 5.32 Å². The first-order valence-corrected chi connectivity index (χ1v) is 4.20. The van der Waals surface area contributed by atoms with Crippen LogP contribution in [0.2, 0.25) is 0 Å². The topological polar surface area (TPSA) is 50.8 Å². The Morgan fingerprint density at radius 1 is 1.31 bits per heavy atom. The lowest BCUT2D eigenvalue weighted by Gasteiger charge is -2.11. The van der Waals surface area contributed by atoms with Gasteiger partial charge in [0.15, 0.2) is 0 Å². The lowest BCUT2D eigenvalue weighted by Crippen LogP contribution is -2.36. The van der Waals surface area contributed by atoms with Crippen LogP contribution in [0, 0.1) is 0 Å². The largest absolute Gasteiger partial charge is 0.382 e. The van der Waals surface area contributed by atoms with Crippen molar-refractivity contribution >= 4 is 6.03 Å². The zero-order chi connectivity index (χ0) is 10.1. The number of hydrogen-bond acceptors (Lipinski definition) is 3. The number of carbonyl (C=O) groups is 1. The second-order valence-electron chi connectivity index (χ2n) is 2.73. The average molecular weight is 190 g/mol. The molecule has 0 rings (SSSR count). The van der Waals surface area contributed by atoms with Crippen LogP contribution in [0.15, 0.2) is 0 Å². The molecular formula is C8H18N2O3. The van der Waals surface area contributed by atoms with Gasteiger partial charge in [-0.3, -0.25) is 0 Å². The van der Waals surface area contributed by atoms with Gasteiger partial charge in [-0.25, -0.2) is 4.79 Å². The second-order valence-corrected chi connectivity index (χ2v) is 2.73. The molecule has 0 atom stereocenters. The molecule has 0 saturated heterocycles. The smallest absolute Gasteiger partial charge is 0.316 e. The second kappa shape index (κ2) is 7.82. The molecule has 0 spiro atoms. The summed E-state index contributed by atoms with van der Waals surface area (Å²) in [6, 6.07) is -0.102. The highest BCUT2D eigenvalue weighted by atomic mass is 16.5. The van der Waals surface area contributed by atoms with Gasteiger partial charge in [0, 0.05) is 27.7 Å². The third-order valence-electron chi connectivity index (χ3n) is 1.36. The van der Waals surface area contributed by atoms with Crippen LogP contribution in [0.3, 0.4) is 0 Å². The summed E-state index contributed by atoms with van der Waals surface area (Å²) in [6.07, 6.45) is 0. The van der Waals surface area contributed by atoms with Crippen molar-refractivity contribution in [3.63, 3.8) is 0 Å². The summed E-state index contributed by atoms with van der Waals surface area (Å²) < 4.78 is 9.93. The summed E-state index contributed by atoms with van der Waals surface area (Å²) >= 11 is 0. The number of amides is 2. The Bertz CT molecular complexity index is 139. The van der Waals surface area contributed by atoms with E-state index in [1.165, 1.54) is 4.90 Å². The van der Waals surface area contributed by atoms with E-state index in [0.29, 0.717) is 26.4 Å². The molecule has 0 aliphatic carbocycles. The Morgan fingerprint density at radius 2 is 2.00 bits per heavy atom. The molecule has 78 valence electrons. The third kappa shape index (κ3) is 7.55. The van der Waals surface area contributed by atoms with Crippen molar-refractivity contribution in [1.82, 2.24) is 10.2 Å². The maximum absolute atomic E-state index is 11.0. The predicted molar refractivity (Wildman–Crippen MR) is 49.8 cm³/mol. The molecule has 0 aromatic carbocycles. The molecule has 0 radical (unpaired) electrons. The molecule has 0 heterocycles. The highest BCUT2D eigenvalue weighted by Gasteiger charge is 1.99. The van der Waals surface area contributed by atoms with E-state index < -0.39 is 0 Å². The minimum atomic E-state index is -0.102. The van der Waals surface area contributed by atoms with Gasteiger partial charge in [-0.1, -0.05) is 0 Å². The summed E-state index contributed by atoms with van der Waals surface area (Å²) in [7, 11) is 5.01. The van der Waals surface area contributed by atoms with Crippen LogP contribution in [0.4, 0.5) is 4.79 Å². The SMILES string of the molecule is COCCOCCNC(=O)N(C)C. The van der Waals surface area contributed by atoms with Gasteiger partial charge in [0.05, 0.1) is 19.8 Å². The van der Waals surface area contributed by atoms with Crippen LogP contribution in [-0.4, -0.2) is 58.5 Å². The first-order chi connectivity index (χ1) is 6.18. The van der Waals surface area contributed by atoms with E-state index in [0.717, 1.165) is 0 Å². The molecule has 0 saturated carbocycles. The lowest BCUT2D eigenvalue weighted by molar-refractivity contribution is 0.0723. The molecule has 13 heavy (non-hydrogen) atoms. The Hall–Kier alpha value is -0.810. The Morgan fingerprint density at radius 3 is 2.54 bits per heavy atom. The molecule has 0 aliphatic heterocycles. The van der Waals surface area contributed by atoms with Gasteiger partial charge in [0.2, 0.25) is 0 Å². The van der Waals surface area contributed by atoms with Crippen LogP contribution in [0.1, 0.15) is 0 Å². The highest BCUT2D eigenvalue weighted by Crippen LogP contribution is 1.78. The zero-order valence-electron chi connectivity index (χ0n) is 8.50. The molecule has 0 fully saturated rings. The third-order valence-corrected chi connectivity index (χ3v) is 1.36. The molecule has 0 aromatic heterocycles. The Labute approximate surface area is 79.0 Å². The minimum Gasteiger partial charge on any atom is -0.382 e. The quantitative estimate of drug-likeness (QED) is 0.596. The van der Waals surface area contributed by atoms with E-state index >= 15 is 0 Å². The fourth-order valence-corrected chi connectivity index (χ4v) is 0.633. The first kappa shape index (κ1) is 12.2. The first-order valence-electron chi connectivity index (χ1n) is 4.20. The fraction of sp³-hybridized carbons (Fsp3) is 0.875. The van der Waals surface area contributed by atoms with Gasteiger partial charge >= 0.3 is 6.03 Å². The van der Waals surface area contributed by atoms with Crippen molar-refractivity contribution in [1.29, 1.82) is 0 Å². The maximum Gasteiger partial charge on any atom is 0.316 e. The van der Waals surface area contributed by atoms with E-state index in [-0.39, 0.29) is 6.03 Å². The molecule has 0 bridgehead atoms. The van der Waals surface area contributed by atoms with Crippen molar-refractivity contribution < 1.29 is 14.3 Å². The number of ether oxygens (including phenoxy) is 2. The number of methoxy groups -OCH3 is 1. The molecule has 2 amide bonds. The normalized spacial score (nSPS) is 9.77. The van der Waals surface area contributed by atoms with Crippen molar-refractivity contribution in [3.8, 4) is 0 Å². The van der Waals surface area contributed by atoms with Crippen LogP contribution < -0.4 is 5.32 Å². The lowest BCUT2D eigenvalue weighted by atomic mass is 10.6. The number of nitrogens with one attached hydrogen (secondary N) is 1. The molecule has 0 aliphatic rings. The van der Waals surface area contributed by atoms with Crippen LogP contribution >= 0.6 is 0 Å². The molecular weight excluding hydrogens is 172 g/mol. The van der Waals surface area contributed by atoms with Crippen molar-refractivity contribution in [2.75, 3.05) is 47.6 Å². The Balaban J connectivity index is 3.12. The number of hydrogen-bond donors (Lipinski definition) is 1.